The number of para-hydroxylation sites is 1. The molecule has 1 aliphatic heterocycles. The molecule has 1 aromatic heterocycles. The maximum absolute atomic E-state index is 12.5. The quantitative estimate of drug-likeness (QED) is 0.875. The number of likely N-dealkylation sites (tertiary alicyclic amines) is 1. The molecule has 25 heavy (non-hydrogen) atoms. The number of ether oxygens (including phenoxy) is 1. The fraction of sp³-hybridized carbons (Fsp3) is 0.474. The summed E-state index contributed by atoms with van der Waals surface area (Å²) in [5, 5.41) is 7.36. The number of hydrogen-bond donors (Lipinski definition) is 1. The summed E-state index contributed by atoms with van der Waals surface area (Å²) >= 11 is 0. The Hall–Kier alpha value is -2.34. The van der Waals surface area contributed by atoms with Gasteiger partial charge < -0.3 is 15.0 Å². The predicted molar refractivity (Wildman–Crippen MR) is 97.3 cm³/mol. The number of benzene rings is 1. The van der Waals surface area contributed by atoms with E-state index in [4.69, 9.17) is 4.74 Å². The standard InChI is InChI=1S/C19H26N4O2/c1-15-7-6-11-22(13-15)12-10-20-19(24)18-17(25-2)14-23(21-18)16-8-4-3-5-9-16/h3-5,8-9,14-15H,6-7,10-13H2,1-2H3,(H,20,24)/t15-/m1/s1. The monoisotopic (exact) mass is 342 g/mol. The number of amides is 1. The van der Waals surface area contributed by atoms with E-state index in [-0.39, 0.29) is 5.91 Å². The number of aromatic nitrogens is 2. The minimum Gasteiger partial charge on any atom is -0.493 e. The Morgan fingerprint density at radius 2 is 2.16 bits per heavy atom. The molecule has 0 aliphatic carbocycles. The molecular formula is C19H26N4O2. The van der Waals surface area contributed by atoms with Crippen LogP contribution in [0.5, 0.6) is 5.75 Å². The Kier molecular flexibility index (Phi) is 5.71. The number of methoxy groups -OCH3 is 1. The lowest BCUT2D eigenvalue weighted by Gasteiger charge is -2.30. The van der Waals surface area contributed by atoms with Gasteiger partial charge >= 0.3 is 0 Å². The Bertz CT molecular complexity index is 699. The van der Waals surface area contributed by atoms with Gasteiger partial charge in [-0.15, -0.1) is 0 Å². The van der Waals surface area contributed by atoms with E-state index in [9.17, 15) is 4.79 Å². The largest absolute Gasteiger partial charge is 0.493 e. The second-order valence-corrected chi connectivity index (χ2v) is 6.63. The summed E-state index contributed by atoms with van der Waals surface area (Å²) in [6.07, 6.45) is 4.28. The van der Waals surface area contributed by atoms with Gasteiger partial charge in [-0.2, -0.15) is 5.10 Å². The smallest absolute Gasteiger partial charge is 0.275 e. The van der Waals surface area contributed by atoms with Crippen molar-refractivity contribution in [2.75, 3.05) is 33.3 Å². The first-order chi connectivity index (χ1) is 12.2. The number of rotatable bonds is 6. The van der Waals surface area contributed by atoms with Crippen molar-refractivity contribution in [3.63, 3.8) is 0 Å². The van der Waals surface area contributed by atoms with Crippen molar-refractivity contribution in [1.29, 1.82) is 0 Å². The molecule has 2 heterocycles. The van der Waals surface area contributed by atoms with Crippen LogP contribution in [0.3, 0.4) is 0 Å². The van der Waals surface area contributed by atoms with Gasteiger partial charge in [0.25, 0.3) is 5.91 Å². The van der Waals surface area contributed by atoms with Crippen molar-refractivity contribution in [2.45, 2.75) is 19.8 Å². The van der Waals surface area contributed by atoms with Crippen LogP contribution in [-0.2, 0) is 0 Å². The number of carbonyl (C=O) groups is 1. The van der Waals surface area contributed by atoms with E-state index in [1.807, 2.05) is 30.3 Å². The van der Waals surface area contributed by atoms with Gasteiger partial charge in [0.05, 0.1) is 19.0 Å². The first kappa shape index (κ1) is 17.5. The molecule has 0 saturated carbocycles. The van der Waals surface area contributed by atoms with Gasteiger partial charge in [-0.1, -0.05) is 25.1 Å². The number of carbonyl (C=O) groups excluding carboxylic acids is 1. The van der Waals surface area contributed by atoms with Crippen molar-refractivity contribution in [3.05, 3.63) is 42.2 Å². The average Bonchev–Trinajstić information content (AvgIpc) is 3.07. The van der Waals surface area contributed by atoms with Gasteiger partial charge in [0.2, 0.25) is 0 Å². The molecule has 1 fully saturated rings. The Labute approximate surface area is 148 Å². The topological polar surface area (TPSA) is 59.4 Å². The highest BCUT2D eigenvalue weighted by Gasteiger charge is 2.19. The fourth-order valence-corrected chi connectivity index (χ4v) is 3.28. The molecule has 6 heteroatoms. The molecule has 1 atom stereocenters. The van der Waals surface area contributed by atoms with E-state index in [0.29, 0.717) is 18.0 Å². The highest BCUT2D eigenvalue weighted by molar-refractivity contribution is 5.94. The number of nitrogens with one attached hydrogen (secondary N) is 1. The van der Waals surface area contributed by atoms with Crippen molar-refractivity contribution in [3.8, 4) is 11.4 Å². The Morgan fingerprint density at radius 3 is 2.88 bits per heavy atom. The minimum atomic E-state index is -0.198. The molecule has 2 aromatic rings. The normalized spacial score (nSPS) is 18.1. The molecule has 0 bridgehead atoms. The van der Waals surface area contributed by atoms with Crippen LogP contribution in [0.15, 0.2) is 36.5 Å². The second kappa shape index (κ2) is 8.16. The van der Waals surface area contributed by atoms with E-state index >= 15 is 0 Å². The van der Waals surface area contributed by atoms with Gasteiger partial charge in [0, 0.05) is 19.6 Å². The number of hydrogen-bond acceptors (Lipinski definition) is 4. The zero-order valence-corrected chi connectivity index (χ0v) is 14.9. The highest BCUT2D eigenvalue weighted by atomic mass is 16.5. The molecule has 0 radical (unpaired) electrons. The summed E-state index contributed by atoms with van der Waals surface area (Å²) in [6.45, 7) is 6.00. The van der Waals surface area contributed by atoms with Crippen LogP contribution in [-0.4, -0.2) is 53.9 Å². The molecule has 1 saturated heterocycles. The fourth-order valence-electron chi connectivity index (χ4n) is 3.28. The van der Waals surface area contributed by atoms with E-state index < -0.39 is 0 Å². The molecule has 1 N–H and O–H groups in total. The lowest BCUT2D eigenvalue weighted by atomic mass is 10.0. The first-order valence-electron chi connectivity index (χ1n) is 8.87. The summed E-state index contributed by atoms with van der Waals surface area (Å²) in [7, 11) is 1.55. The molecule has 0 spiro atoms. The van der Waals surface area contributed by atoms with Crippen molar-refractivity contribution >= 4 is 5.91 Å². The van der Waals surface area contributed by atoms with Gasteiger partial charge in [0.1, 0.15) is 0 Å². The summed E-state index contributed by atoms with van der Waals surface area (Å²) in [4.78, 5) is 14.9. The van der Waals surface area contributed by atoms with Crippen LogP contribution in [0.2, 0.25) is 0 Å². The molecular weight excluding hydrogens is 316 g/mol. The molecule has 3 rings (SSSR count). The van der Waals surface area contributed by atoms with E-state index in [1.165, 1.54) is 12.8 Å². The second-order valence-electron chi connectivity index (χ2n) is 6.63. The van der Waals surface area contributed by atoms with Crippen LogP contribution in [0, 0.1) is 5.92 Å². The van der Waals surface area contributed by atoms with E-state index in [2.05, 4.69) is 22.2 Å². The molecule has 0 unspecified atom stereocenters. The average molecular weight is 342 g/mol. The molecule has 1 aliphatic rings. The lowest BCUT2D eigenvalue weighted by molar-refractivity contribution is 0.0935. The zero-order chi connectivity index (χ0) is 17.6. The van der Waals surface area contributed by atoms with Crippen LogP contribution < -0.4 is 10.1 Å². The van der Waals surface area contributed by atoms with Crippen molar-refractivity contribution in [1.82, 2.24) is 20.0 Å². The third-order valence-corrected chi connectivity index (χ3v) is 4.59. The number of piperidine rings is 1. The molecule has 1 amide bonds. The SMILES string of the molecule is COc1cn(-c2ccccc2)nc1C(=O)NCCN1CCC[C@@H](C)C1. The summed E-state index contributed by atoms with van der Waals surface area (Å²) in [6, 6.07) is 9.68. The molecule has 6 nitrogen and oxygen atoms in total. The van der Waals surface area contributed by atoms with Gasteiger partial charge in [-0.3, -0.25) is 4.79 Å². The summed E-state index contributed by atoms with van der Waals surface area (Å²) < 4.78 is 6.99. The third kappa shape index (κ3) is 4.39. The molecule has 1 aromatic carbocycles. The predicted octanol–water partition coefficient (Wildman–Crippen LogP) is 2.34. The van der Waals surface area contributed by atoms with E-state index in [1.54, 1.807) is 18.0 Å². The summed E-state index contributed by atoms with van der Waals surface area (Å²) in [5.41, 5.74) is 1.21. The van der Waals surface area contributed by atoms with E-state index in [0.717, 1.165) is 31.2 Å². The number of nitrogens with zero attached hydrogens (tertiary/aromatic N) is 3. The maximum atomic E-state index is 12.5. The Balaban J connectivity index is 1.60. The highest BCUT2D eigenvalue weighted by Crippen LogP contribution is 2.19. The minimum absolute atomic E-state index is 0.198. The zero-order valence-electron chi connectivity index (χ0n) is 14.9. The van der Waals surface area contributed by atoms with Crippen molar-refractivity contribution in [2.24, 2.45) is 5.92 Å². The van der Waals surface area contributed by atoms with Gasteiger partial charge in [-0.05, 0) is 37.4 Å². The third-order valence-electron chi connectivity index (χ3n) is 4.59. The van der Waals surface area contributed by atoms with Crippen LogP contribution >= 0.6 is 0 Å². The van der Waals surface area contributed by atoms with Crippen LogP contribution in [0.1, 0.15) is 30.3 Å². The Morgan fingerprint density at radius 1 is 1.36 bits per heavy atom. The van der Waals surface area contributed by atoms with Gasteiger partial charge in [-0.25, -0.2) is 4.68 Å². The maximum Gasteiger partial charge on any atom is 0.275 e. The van der Waals surface area contributed by atoms with Crippen LogP contribution in [0.4, 0.5) is 0 Å². The summed E-state index contributed by atoms with van der Waals surface area (Å²) in [5.74, 6) is 1.02. The molecule has 134 valence electrons. The van der Waals surface area contributed by atoms with Gasteiger partial charge in [0.15, 0.2) is 11.4 Å². The van der Waals surface area contributed by atoms with Crippen molar-refractivity contribution < 1.29 is 9.53 Å². The van der Waals surface area contributed by atoms with Crippen LogP contribution in [0.25, 0.3) is 5.69 Å². The first-order valence-corrected chi connectivity index (χ1v) is 8.87. The lowest BCUT2D eigenvalue weighted by Crippen LogP contribution is -2.40.